The molecule has 16 heavy (non-hydrogen) atoms. The van der Waals surface area contributed by atoms with E-state index in [1.807, 2.05) is 0 Å². The Hall–Kier alpha value is -0.570. The Bertz CT molecular complexity index is 233. The average Bonchev–Trinajstić information content (AvgIpc) is 2.15. The molecule has 2 atom stereocenters. The van der Waals surface area contributed by atoms with Crippen LogP contribution in [0.2, 0.25) is 0 Å². The van der Waals surface area contributed by atoms with Crippen molar-refractivity contribution < 1.29 is 4.79 Å². The lowest BCUT2D eigenvalue weighted by Gasteiger charge is -2.27. The first-order valence-corrected chi connectivity index (χ1v) is 6.39. The highest BCUT2D eigenvalue weighted by atomic mass is 16.2. The van der Waals surface area contributed by atoms with E-state index in [9.17, 15) is 4.79 Å². The van der Waals surface area contributed by atoms with Crippen molar-refractivity contribution in [2.45, 2.75) is 53.0 Å². The number of nitrogens with one attached hydrogen (secondary N) is 2. The molecular weight excluding hydrogens is 200 g/mol. The number of hydrogen-bond donors (Lipinski definition) is 2. The molecule has 0 aromatic heterocycles. The molecule has 3 nitrogen and oxygen atoms in total. The van der Waals surface area contributed by atoms with Crippen LogP contribution >= 0.6 is 0 Å². The van der Waals surface area contributed by atoms with E-state index in [0.29, 0.717) is 11.3 Å². The van der Waals surface area contributed by atoms with Crippen LogP contribution in [0.25, 0.3) is 0 Å². The summed E-state index contributed by atoms with van der Waals surface area (Å²) in [6.07, 6.45) is 3.19. The van der Waals surface area contributed by atoms with Crippen LogP contribution in [0.5, 0.6) is 0 Å². The maximum absolute atomic E-state index is 11.9. The van der Waals surface area contributed by atoms with Gasteiger partial charge in [-0.25, -0.2) is 0 Å². The summed E-state index contributed by atoms with van der Waals surface area (Å²) >= 11 is 0. The van der Waals surface area contributed by atoms with Gasteiger partial charge in [0.2, 0.25) is 5.91 Å². The van der Waals surface area contributed by atoms with Gasteiger partial charge in [0.25, 0.3) is 0 Å². The number of carbonyl (C=O) groups is 1. The standard InChI is InChI=1S/C13H26N2O/c1-10-5-7-14-11(9-10)12(16)15-8-6-13(2,3)4/h10-11,14H,5-9H2,1-4H3,(H,15,16). The fourth-order valence-corrected chi connectivity index (χ4v) is 1.99. The van der Waals surface area contributed by atoms with Gasteiger partial charge < -0.3 is 10.6 Å². The summed E-state index contributed by atoms with van der Waals surface area (Å²) in [6.45, 7) is 10.6. The Kier molecular flexibility index (Phi) is 4.78. The summed E-state index contributed by atoms with van der Waals surface area (Å²) in [5.41, 5.74) is 0.292. The molecule has 0 aliphatic carbocycles. The molecule has 2 N–H and O–H groups in total. The van der Waals surface area contributed by atoms with E-state index in [4.69, 9.17) is 0 Å². The lowest BCUT2D eigenvalue weighted by molar-refractivity contribution is -0.124. The van der Waals surface area contributed by atoms with Crippen molar-refractivity contribution in [3.05, 3.63) is 0 Å². The minimum absolute atomic E-state index is 0.0312. The fraction of sp³-hybridized carbons (Fsp3) is 0.923. The van der Waals surface area contributed by atoms with Crippen LogP contribution in [0.4, 0.5) is 0 Å². The van der Waals surface area contributed by atoms with Crippen molar-refractivity contribution in [1.29, 1.82) is 0 Å². The molecule has 1 fully saturated rings. The summed E-state index contributed by atoms with van der Waals surface area (Å²) < 4.78 is 0. The predicted octanol–water partition coefficient (Wildman–Crippen LogP) is 1.93. The van der Waals surface area contributed by atoms with Crippen molar-refractivity contribution in [3.8, 4) is 0 Å². The molecular formula is C13H26N2O. The van der Waals surface area contributed by atoms with E-state index in [0.717, 1.165) is 25.9 Å². The molecule has 3 heteroatoms. The third-order valence-electron chi connectivity index (χ3n) is 3.16. The Balaban J connectivity index is 2.24. The molecule has 1 amide bonds. The largest absolute Gasteiger partial charge is 0.355 e. The molecule has 1 saturated heterocycles. The minimum Gasteiger partial charge on any atom is -0.355 e. The highest BCUT2D eigenvalue weighted by Gasteiger charge is 2.24. The van der Waals surface area contributed by atoms with Gasteiger partial charge in [0.15, 0.2) is 0 Å². The molecule has 1 rings (SSSR count). The molecule has 0 aromatic carbocycles. The maximum Gasteiger partial charge on any atom is 0.237 e. The van der Waals surface area contributed by atoms with Crippen molar-refractivity contribution in [2.75, 3.05) is 13.1 Å². The van der Waals surface area contributed by atoms with Gasteiger partial charge in [0.1, 0.15) is 0 Å². The van der Waals surface area contributed by atoms with E-state index in [1.165, 1.54) is 6.42 Å². The van der Waals surface area contributed by atoms with Crippen molar-refractivity contribution in [2.24, 2.45) is 11.3 Å². The van der Waals surface area contributed by atoms with E-state index < -0.39 is 0 Å². The highest BCUT2D eigenvalue weighted by molar-refractivity contribution is 5.81. The molecule has 2 unspecified atom stereocenters. The topological polar surface area (TPSA) is 41.1 Å². The van der Waals surface area contributed by atoms with Gasteiger partial charge in [-0.15, -0.1) is 0 Å². The summed E-state index contributed by atoms with van der Waals surface area (Å²) in [7, 11) is 0. The minimum atomic E-state index is 0.0312. The number of carbonyl (C=O) groups excluding carboxylic acids is 1. The summed E-state index contributed by atoms with van der Waals surface area (Å²) in [5, 5.41) is 6.31. The first-order chi connectivity index (χ1) is 7.38. The molecule has 1 aliphatic rings. The van der Waals surface area contributed by atoms with Crippen LogP contribution in [0.15, 0.2) is 0 Å². The summed E-state index contributed by atoms with van der Waals surface area (Å²) in [5.74, 6) is 0.843. The van der Waals surface area contributed by atoms with E-state index in [-0.39, 0.29) is 11.9 Å². The molecule has 0 radical (unpaired) electrons. The fourth-order valence-electron chi connectivity index (χ4n) is 1.99. The zero-order chi connectivity index (χ0) is 12.2. The van der Waals surface area contributed by atoms with Crippen molar-refractivity contribution >= 4 is 5.91 Å². The van der Waals surface area contributed by atoms with Crippen LogP contribution < -0.4 is 10.6 Å². The first-order valence-electron chi connectivity index (χ1n) is 6.39. The molecule has 0 spiro atoms. The van der Waals surface area contributed by atoms with Crippen molar-refractivity contribution in [3.63, 3.8) is 0 Å². The molecule has 94 valence electrons. The van der Waals surface area contributed by atoms with Gasteiger partial charge in [-0.1, -0.05) is 27.7 Å². The smallest absolute Gasteiger partial charge is 0.237 e. The lowest BCUT2D eigenvalue weighted by atomic mass is 9.92. The Morgan fingerprint density at radius 1 is 1.44 bits per heavy atom. The Morgan fingerprint density at radius 3 is 2.69 bits per heavy atom. The molecule has 0 bridgehead atoms. The van der Waals surface area contributed by atoms with Gasteiger partial charge in [0.05, 0.1) is 6.04 Å². The quantitative estimate of drug-likeness (QED) is 0.772. The lowest BCUT2D eigenvalue weighted by Crippen LogP contribution is -2.48. The second kappa shape index (κ2) is 5.67. The van der Waals surface area contributed by atoms with Crippen LogP contribution in [-0.2, 0) is 4.79 Å². The maximum atomic E-state index is 11.9. The normalized spacial score (nSPS) is 26.5. The highest BCUT2D eigenvalue weighted by Crippen LogP contribution is 2.18. The number of rotatable bonds is 3. The SMILES string of the molecule is CC1CCNC(C(=O)NCCC(C)(C)C)C1. The Labute approximate surface area is 99.4 Å². The van der Waals surface area contributed by atoms with Gasteiger partial charge in [-0.05, 0) is 37.1 Å². The van der Waals surface area contributed by atoms with E-state index in [2.05, 4.69) is 38.3 Å². The second-order valence-corrected chi connectivity index (χ2v) is 6.24. The van der Waals surface area contributed by atoms with Crippen molar-refractivity contribution in [1.82, 2.24) is 10.6 Å². The van der Waals surface area contributed by atoms with Gasteiger partial charge >= 0.3 is 0 Å². The molecule has 0 aromatic rings. The van der Waals surface area contributed by atoms with Crippen LogP contribution in [0, 0.1) is 11.3 Å². The Morgan fingerprint density at radius 2 is 2.12 bits per heavy atom. The third kappa shape index (κ3) is 4.97. The first kappa shape index (κ1) is 13.5. The third-order valence-corrected chi connectivity index (χ3v) is 3.16. The summed E-state index contributed by atoms with van der Waals surface area (Å²) in [6, 6.07) is 0.0312. The van der Waals surface area contributed by atoms with Gasteiger partial charge in [-0.2, -0.15) is 0 Å². The number of amides is 1. The molecule has 1 aliphatic heterocycles. The number of piperidine rings is 1. The molecule has 0 saturated carbocycles. The van der Waals surface area contributed by atoms with Gasteiger partial charge in [-0.3, -0.25) is 4.79 Å². The van der Waals surface area contributed by atoms with Gasteiger partial charge in [0, 0.05) is 6.54 Å². The predicted molar refractivity (Wildman–Crippen MR) is 67.3 cm³/mol. The van der Waals surface area contributed by atoms with E-state index >= 15 is 0 Å². The van der Waals surface area contributed by atoms with Crippen LogP contribution in [-0.4, -0.2) is 25.0 Å². The zero-order valence-electron chi connectivity index (χ0n) is 11.1. The molecule has 1 heterocycles. The average molecular weight is 226 g/mol. The number of hydrogen-bond acceptors (Lipinski definition) is 2. The zero-order valence-corrected chi connectivity index (χ0v) is 11.1. The monoisotopic (exact) mass is 226 g/mol. The van der Waals surface area contributed by atoms with Crippen LogP contribution in [0.3, 0.4) is 0 Å². The van der Waals surface area contributed by atoms with Crippen LogP contribution in [0.1, 0.15) is 47.0 Å². The second-order valence-electron chi connectivity index (χ2n) is 6.24. The summed E-state index contributed by atoms with van der Waals surface area (Å²) in [4.78, 5) is 11.9. The van der Waals surface area contributed by atoms with E-state index in [1.54, 1.807) is 0 Å².